The monoisotopic (exact) mass is 219 g/mol. The van der Waals surface area contributed by atoms with Crippen LogP contribution in [0.2, 0.25) is 0 Å². The summed E-state index contributed by atoms with van der Waals surface area (Å²) < 4.78 is 5.67. The number of carbonyl (C=O) groups is 1. The number of nitrogens with two attached hydrogens (primary N) is 1. The van der Waals surface area contributed by atoms with Gasteiger partial charge in [0.05, 0.1) is 1.28 Å². The molecule has 0 aromatic rings. The van der Waals surface area contributed by atoms with Crippen molar-refractivity contribution in [1.29, 1.82) is 1.28 Å². The zero-order chi connectivity index (χ0) is 5.41. The summed E-state index contributed by atoms with van der Waals surface area (Å²) in [5, 5.41) is 0. The zero-order valence-electron chi connectivity index (χ0n) is 7.26. The van der Waals surface area contributed by atoms with Crippen molar-refractivity contribution in [2.75, 3.05) is 6.54 Å². The molecule has 0 aromatic heterocycles. The van der Waals surface area contributed by atoms with Gasteiger partial charge in [-0.3, -0.25) is 0 Å². The second-order valence-corrected chi connectivity index (χ2v) is 0.402. The van der Waals surface area contributed by atoms with Crippen molar-refractivity contribution < 1.29 is 57.6 Å². The molecule has 0 saturated heterocycles. The predicted octanol–water partition coefficient (Wildman–Crippen LogP) is -2.93. The fourth-order valence-corrected chi connectivity index (χ4v) is 0. The molecule has 0 aliphatic heterocycles. The summed E-state index contributed by atoms with van der Waals surface area (Å²) >= 11 is 0. The van der Waals surface area contributed by atoms with Crippen LogP contribution in [0.25, 0.3) is 0 Å². The van der Waals surface area contributed by atoms with Crippen molar-refractivity contribution in [3.8, 4) is 0 Å². The van der Waals surface area contributed by atoms with Gasteiger partial charge in [0.1, 0.15) is 6.29 Å². The predicted molar refractivity (Wildman–Crippen MR) is 56.3 cm³/mol. The molecule has 0 spiro atoms. The Labute approximate surface area is 113 Å². The van der Waals surface area contributed by atoms with Gasteiger partial charge in [0.15, 0.2) is 0 Å². The summed E-state index contributed by atoms with van der Waals surface area (Å²) in [6.45, 7) is 0.139. The Hall–Kier alpha value is 2.56. The van der Waals surface area contributed by atoms with Crippen molar-refractivity contribution in [2.24, 2.45) is 5.73 Å². The molecule has 0 fully saturated rings. The van der Waals surface area contributed by atoms with Crippen molar-refractivity contribution >= 4 is 35.9 Å². The number of rotatable bonds is 1. The van der Waals surface area contributed by atoms with Crippen LogP contribution < -0.4 is 57.1 Å². The minimum absolute atomic E-state index is 0. The standard InChI is InChI=1S/C2H5NO.CH4.K.3H3P.H/c3-1-2-4;;;;;;/h2H,1,3H2;1H4;;3*1H3;/q;;+1;;;;-1/i;;;1T;;;. The van der Waals surface area contributed by atoms with Crippen LogP contribution in [-0.4, -0.2) is 14.1 Å². The first-order valence-corrected chi connectivity index (χ1v) is 1.05. The smallest absolute Gasteiger partial charge is 1.00 e. The van der Waals surface area contributed by atoms with E-state index >= 15 is 0 Å². The molecule has 0 bridgehead atoms. The van der Waals surface area contributed by atoms with E-state index in [1.807, 2.05) is 0 Å². The molecular formula is C3H19KNOP3. The Balaban J connectivity index is -0.00000000432. The third kappa shape index (κ3) is 61.1. The van der Waals surface area contributed by atoms with Gasteiger partial charge >= 0.3 is 51.4 Å². The molecule has 0 aromatic carbocycles. The first-order valence-electron chi connectivity index (χ1n) is 1.63. The molecule has 2 nitrogen and oxygen atoms in total. The molecular weight excluding hydrogens is 198 g/mol. The average molecular weight is 219 g/mol. The second kappa shape index (κ2) is 46.4. The third-order valence-electron chi connectivity index (χ3n) is 0.0962. The maximum Gasteiger partial charge on any atom is 1.00 e. The van der Waals surface area contributed by atoms with Crippen molar-refractivity contribution in [2.45, 2.75) is 7.43 Å². The molecule has 6 heteroatoms. The zero-order valence-corrected chi connectivity index (χ0v) is 12.4. The van der Waals surface area contributed by atoms with Crippen LogP contribution in [0.5, 0.6) is 0 Å². The van der Waals surface area contributed by atoms with Gasteiger partial charge in [0, 0.05) is 6.54 Å². The summed E-state index contributed by atoms with van der Waals surface area (Å²) in [7, 11) is 1.67. The van der Waals surface area contributed by atoms with Crippen LogP contribution in [0.1, 0.15) is 8.85 Å². The topological polar surface area (TPSA) is 43.1 Å². The van der Waals surface area contributed by atoms with E-state index in [0.29, 0.717) is 6.29 Å². The maximum absolute atomic E-state index is 9.05. The van der Waals surface area contributed by atoms with E-state index in [1.54, 1.807) is 9.84 Å². The van der Waals surface area contributed by atoms with Crippen LogP contribution in [0.15, 0.2) is 0 Å². The van der Waals surface area contributed by atoms with E-state index in [1.165, 1.54) is 0 Å². The molecule has 58 valence electrons. The average Bonchev–Trinajstić information content (AvgIpc) is 1.72. The fourth-order valence-electron chi connectivity index (χ4n) is 0. The van der Waals surface area contributed by atoms with Gasteiger partial charge in [-0.15, -0.1) is 0 Å². The molecule has 0 heterocycles. The van der Waals surface area contributed by atoms with Crippen LogP contribution in [0.3, 0.4) is 0 Å². The summed E-state index contributed by atoms with van der Waals surface area (Å²) in [5.74, 6) is 0. The first-order chi connectivity index (χ1) is 2.91. The van der Waals surface area contributed by atoms with Gasteiger partial charge in [0.2, 0.25) is 0 Å². The molecule has 0 saturated carbocycles. The summed E-state index contributed by atoms with van der Waals surface area (Å²) in [5.41, 5.74) is 4.66. The molecule has 9 heavy (non-hydrogen) atoms. The largest absolute Gasteiger partial charge is 1.00 e. The van der Waals surface area contributed by atoms with Crippen molar-refractivity contribution in [3.05, 3.63) is 0 Å². The molecule has 3 unspecified atom stereocenters. The van der Waals surface area contributed by atoms with E-state index in [-0.39, 0.29) is 86.6 Å². The number of aldehydes is 1. The van der Waals surface area contributed by atoms with Crippen LogP contribution >= 0.6 is 29.6 Å². The van der Waals surface area contributed by atoms with Gasteiger partial charge in [-0.1, -0.05) is 7.43 Å². The van der Waals surface area contributed by atoms with Crippen molar-refractivity contribution in [3.63, 3.8) is 0 Å². The summed E-state index contributed by atoms with van der Waals surface area (Å²) in [6.07, 6.45) is 0.653. The maximum atomic E-state index is 9.05. The van der Waals surface area contributed by atoms with Crippen LogP contribution in [-0.2, 0) is 4.79 Å². The molecule has 0 aliphatic carbocycles. The van der Waals surface area contributed by atoms with E-state index in [2.05, 4.69) is 5.73 Å². The van der Waals surface area contributed by atoms with Gasteiger partial charge in [-0.25, -0.2) is 0 Å². The quantitative estimate of drug-likeness (QED) is 0.291. The number of hydrogen-bond donors (Lipinski definition) is 1. The minimum atomic E-state index is 0. The summed E-state index contributed by atoms with van der Waals surface area (Å²) in [6, 6.07) is 0. The summed E-state index contributed by atoms with van der Waals surface area (Å²) in [4.78, 5) is 9.05. The Morgan fingerprint density at radius 1 is 1.56 bits per heavy atom. The number of hydrogen-bond acceptors (Lipinski definition) is 2. The van der Waals surface area contributed by atoms with Gasteiger partial charge in [0.25, 0.3) is 0 Å². The Bertz CT molecular complexity index is 40.5. The second-order valence-electron chi connectivity index (χ2n) is 0.402. The third-order valence-corrected chi connectivity index (χ3v) is 0.0962. The Morgan fingerprint density at radius 3 is 1.67 bits per heavy atom. The fraction of sp³-hybridized carbons (Fsp3) is 0.667. The molecule has 0 amide bonds. The minimum Gasteiger partial charge on any atom is -1.00 e. The molecule has 0 aliphatic rings. The first kappa shape index (κ1) is 30.0. The molecule has 2 N–H and O–H groups in total. The van der Waals surface area contributed by atoms with Crippen LogP contribution in [0, 0.1) is 0 Å². The molecule has 0 radical (unpaired) electrons. The Kier molecular flexibility index (Phi) is 155. The van der Waals surface area contributed by atoms with E-state index in [4.69, 9.17) is 6.07 Å². The van der Waals surface area contributed by atoms with Gasteiger partial charge < -0.3 is 12.0 Å². The van der Waals surface area contributed by atoms with Crippen molar-refractivity contribution in [1.82, 2.24) is 0 Å². The van der Waals surface area contributed by atoms with Gasteiger partial charge in [-0.2, -0.15) is 29.6 Å². The SMILES string of the molecule is C.NCC=O.P.P.[3H]P.[H-].[K+]. The Morgan fingerprint density at radius 2 is 1.67 bits per heavy atom. The van der Waals surface area contributed by atoms with Gasteiger partial charge in [-0.05, 0) is 0 Å². The van der Waals surface area contributed by atoms with E-state index in [9.17, 15) is 0 Å². The normalized spacial score (nSPS) is 3.56. The van der Waals surface area contributed by atoms with Crippen LogP contribution in [0.4, 0.5) is 0 Å². The molecule has 0 rings (SSSR count). The number of carbonyl (C=O) groups excluding carboxylic acids is 1. The van der Waals surface area contributed by atoms with E-state index < -0.39 is 0 Å². The molecule has 3 atom stereocenters. The van der Waals surface area contributed by atoms with E-state index in [0.717, 1.165) is 0 Å².